The molecule has 0 spiro atoms. The van der Waals surface area contributed by atoms with Gasteiger partial charge in [-0.3, -0.25) is 0 Å². The Balaban J connectivity index is 1.87. The Morgan fingerprint density at radius 3 is 2.55 bits per heavy atom. The number of hydrogen-bond acceptors (Lipinski definition) is 2. The fourth-order valence-corrected chi connectivity index (χ4v) is 2.79. The van der Waals surface area contributed by atoms with Gasteiger partial charge in [-0.2, -0.15) is 0 Å². The molecule has 0 unspecified atom stereocenters. The topological polar surface area (TPSA) is 37.2 Å². The van der Waals surface area contributed by atoms with Crippen LogP contribution in [0.15, 0.2) is 60.8 Å². The zero-order valence-corrected chi connectivity index (χ0v) is 12.9. The number of nitrogens with zero attached hydrogens (tertiary/aromatic N) is 1. The predicted molar refractivity (Wildman–Crippen MR) is 90.9 cm³/mol. The van der Waals surface area contributed by atoms with Crippen LogP contribution in [0, 0.1) is 0 Å². The van der Waals surface area contributed by atoms with E-state index in [9.17, 15) is 5.11 Å². The molecule has 3 nitrogen and oxygen atoms in total. The monoisotopic (exact) mass is 294 g/mol. The number of benzene rings is 2. The lowest BCUT2D eigenvalue weighted by Crippen LogP contribution is -2.23. The Morgan fingerprint density at radius 1 is 1.05 bits per heavy atom. The van der Waals surface area contributed by atoms with Gasteiger partial charge in [-0.25, -0.2) is 0 Å². The third-order valence-electron chi connectivity index (χ3n) is 3.82. The zero-order valence-electron chi connectivity index (χ0n) is 12.9. The van der Waals surface area contributed by atoms with Crippen molar-refractivity contribution in [2.75, 3.05) is 6.54 Å². The number of para-hydroxylation sites is 1. The maximum atomic E-state index is 9.38. The average Bonchev–Trinajstić information content (AvgIpc) is 2.86. The van der Waals surface area contributed by atoms with Crippen LogP contribution in [0.3, 0.4) is 0 Å². The Hall–Kier alpha value is -2.10. The summed E-state index contributed by atoms with van der Waals surface area (Å²) in [4.78, 5) is 0. The van der Waals surface area contributed by atoms with Crippen LogP contribution in [0.2, 0.25) is 0 Å². The van der Waals surface area contributed by atoms with E-state index < -0.39 is 0 Å². The van der Waals surface area contributed by atoms with Gasteiger partial charge in [0.25, 0.3) is 0 Å². The van der Waals surface area contributed by atoms with Crippen LogP contribution in [-0.2, 0) is 13.1 Å². The summed E-state index contributed by atoms with van der Waals surface area (Å²) in [5.41, 5.74) is 3.82. The third-order valence-corrected chi connectivity index (χ3v) is 3.82. The molecule has 2 aromatic carbocycles. The SMILES string of the molecule is C[C@H](O)CNCc1cn(Cc2ccccc2)c2ccccc12. The summed E-state index contributed by atoms with van der Waals surface area (Å²) < 4.78 is 2.30. The van der Waals surface area contributed by atoms with E-state index >= 15 is 0 Å². The van der Waals surface area contributed by atoms with Gasteiger partial charge in [0.2, 0.25) is 0 Å². The van der Waals surface area contributed by atoms with E-state index in [1.54, 1.807) is 6.92 Å². The van der Waals surface area contributed by atoms with E-state index in [2.05, 4.69) is 64.6 Å². The highest BCUT2D eigenvalue weighted by Gasteiger charge is 2.08. The third kappa shape index (κ3) is 3.38. The minimum absolute atomic E-state index is 0.322. The van der Waals surface area contributed by atoms with Gasteiger partial charge < -0.3 is 15.0 Å². The number of aliphatic hydroxyl groups is 1. The van der Waals surface area contributed by atoms with Gasteiger partial charge in [-0.1, -0.05) is 48.5 Å². The van der Waals surface area contributed by atoms with Crippen molar-refractivity contribution in [3.63, 3.8) is 0 Å². The highest BCUT2D eigenvalue weighted by molar-refractivity contribution is 5.84. The summed E-state index contributed by atoms with van der Waals surface area (Å²) in [7, 11) is 0. The van der Waals surface area contributed by atoms with Gasteiger partial charge in [0.15, 0.2) is 0 Å². The molecule has 3 heteroatoms. The molecule has 0 saturated carbocycles. The van der Waals surface area contributed by atoms with E-state index in [-0.39, 0.29) is 6.10 Å². The van der Waals surface area contributed by atoms with Gasteiger partial charge in [-0.15, -0.1) is 0 Å². The van der Waals surface area contributed by atoms with Crippen molar-refractivity contribution in [3.05, 3.63) is 71.9 Å². The van der Waals surface area contributed by atoms with E-state index in [1.165, 1.54) is 22.0 Å². The van der Waals surface area contributed by atoms with Crippen molar-refractivity contribution in [3.8, 4) is 0 Å². The molecular formula is C19H22N2O. The molecule has 3 rings (SSSR count). The first kappa shape index (κ1) is 14.8. The largest absolute Gasteiger partial charge is 0.392 e. The summed E-state index contributed by atoms with van der Waals surface area (Å²) in [6, 6.07) is 19.0. The summed E-state index contributed by atoms with van der Waals surface area (Å²) in [5.74, 6) is 0. The fraction of sp³-hybridized carbons (Fsp3) is 0.263. The van der Waals surface area contributed by atoms with Crippen LogP contribution in [0.4, 0.5) is 0 Å². The highest BCUT2D eigenvalue weighted by Crippen LogP contribution is 2.22. The molecule has 2 N–H and O–H groups in total. The molecule has 114 valence electrons. The van der Waals surface area contributed by atoms with Crippen molar-refractivity contribution in [1.82, 2.24) is 9.88 Å². The van der Waals surface area contributed by atoms with Gasteiger partial charge in [0, 0.05) is 36.7 Å². The molecule has 1 heterocycles. The number of hydrogen-bond donors (Lipinski definition) is 2. The summed E-state index contributed by atoms with van der Waals surface area (Å²) in [6.07, 6.45) is 1.89. The first-order chi connectivity index (χ1) is 10.7. The van der Waals surface area contributed by atoms with Gasteiger partial charge in [-0.05, 0) is 24.1 Å². The second-order valence-corrected chi connectivity index (χ2v) is 5.76. The molecule has 0 radical (unpaired) electrons. The zero-order chi connectivity index (χ0) is 15.4. The van der Waals surface area contributed by atoms with Crippen molar-refractivity contribution in [1.29, 1.82) is 0 Å². The Bertz CT molecular complexity index is 732. The molecule has 0 saturated heterocycles. The minimum atomic E-state index is -0.322. The summed E-state index contributed by atoms with van der Waals surface area (Å²) >= 11 is 0. The molecule has 22 heavy (non-hydrogen) atoms. The second-order valence-electron chi connectivity index (χ2n) is 5.76. The molecule has 0 aliphatic rings. The lowest BCUT2D eigenvalue weighted by molar-refractivity contribution is 0.191. The van der Waals surface area contributed by atoms with Crippen molar-refractivity contribution < 1.29 is 5.11 Å². The van der Waals surface area contributed by atoms with Crippen LogP contribution >= 0.6 is 0 Å². The van der Waals surface area contributed by atoms with Gasteiger partial charge in [0.1, 0.15) is 0 Å². The molecule has 1 aromatic heterocycles. The lowest BCUT2D eigenvalue weighted by Gasteiger charge is -2.06. The van der Waals surface area contributed by atoms with E-state index in [0.717, 1.165) is 13.1 Å². The van der Waals surface area contributed by atoms with Gasteiger partial charge in [0.05, 0.1) is 6.10 Å². The maximum absolute atomic E-state index is 9.38. The quantitative estimate of drug-likeness (QED) is 0.733. The standard InChI is InChI=1S/C19H22N2O/c1-15(22)11-20-12-17-14-21(13-16-7-3-2-4-8-16)19-10-6-5-9-18(17)19/h2-10,14-15,20,22H,11-13H2,1H3/t15-/m0/s1. The van der Waals surface area contributed by atoms with E-state index in [4.69, 9.17) is 0 Å². The highest BCUT2D eigenvalue weighted by atomic mass is 16.3. The van der Waals surface area contributed by atoms with Crippen molar-refractivity contribution in [2.45, 2.75) is 26.1 Å². The Morgan fingerprint density at radius 2 is 1.77 bits per heavy atom. The number of aromatic nitrogens is 1. The number of aliphatic hydroxyl groups excluding tert-OH is 1. The number of rotatable bonds is 6. The first-order valence-corrected chi connectivity index (χ1v) is 7.73. The normalized spacial score (nSPS) is 12.6. The molecule has 0 amide bonds. The number of fused-ring (bicyclic) bond motifs is 1. The molecule has 1 atom stereocenters. The minimum Gasteiger partial charge on any atom is -0.392 e. The Labute approximate surface area is 131 Å². The van der Waals surface area contributed by atoms with E-state index in [0.29, 0.717) is 6.54 Å². The molecule has 0 bridgehead atoms. The van der Waals surface area contributed by atoms with Crippen LogP contribution in [0.5, 0.6) is 0 Å². The van der Waals surface area contributed by atoms with E-state index in [1.807, 2.05) is 6.07 Å². The molecule has 0 aliphatic heterocycles. The Kier molecular flexibility index (Phi) is 4.56. The summed E-state index contributed by atoms with van der Waals surface area (Å²) in [6.45, 7) is 4.05. The second kappa shape index (κ2) is 6.77. The smallest absolute Gasteiger partial charge is 0.0636 e. The van der Waals surface area contributed by atoms with Crippen LogP contribution < -0.4 is 5.32 Å². The van der Waals surface area contributed by atoms with Crippen molar-refractivity contribution >= 4 is 10.9 Å². The average molecular weight is 294 g/mol. The molecule has 0 fully saturated rings. The van der Waals surface area contributed by atoms with Crippen LogP contribution in [-0.4, -0.2) is 22.3 Å². The summed E-state index contributed by atoms with van der Waals surface area (Å²) in [5, 5.41) is 14.0. The first-order valence-electron chi connectivity index (χ1n) is 7.73. The predicted octanol–water partition coefficient (Wildman–Crippen LogP) is 3.16. The molecular weight excluding hydrogens is 272 g/mol. The van der Waals surface area contributed by atoms with Crippen LogP contribution in [0.1, 0.15) is 18.1 Å². The van der Waals surface area contributed by atoms with Gasteiger partial charge >= 0.3 is 0 Å². The maximum Gasteiger partial charge on any atom is 0.0636 e. The lowest BCUT2D eigenvalue weighted by atomic mass is 10.2. The van der Waals surface area contributed by atoms with Crippen molar-refractivity contribution in [2.24, 2.45) is 0 Å². The fourth-order valence-electron chi connectivity index (χ4n) is 2.79. The molecule has 3 aromatic rings. The molecule has 0 aliphatic carbocycles. The van der Waals surface area contributed by atoms with Crippen LogP contribution in [0.25, 0.3) is 10.9 Å². The number of nitrogens with one attached hydrogen (secondary N) is 1.